The van der Waals surface area contributed by atoms with E-state index >= 15 is 0 Å². The molecule has 0 spiro atoms. The highest BCUT2D eigenvalue weighted by molar-refractivity contribution is 5.61. The molecule has 0 atom stereocenters. The van der Waals surface area contributed by atoms with Crippen molar-refractivity contribution >= 4 is 11.5 Å². The zero-order valence-corrected chi connectivity index (χ0v) is 10.0. The van der Waals surface area contributed by atoms with Crippen molar-refractivity contribution in [2.24, 2.45) is 0 Å². The molecule has 0 aliphatic carbocycles. The van der Waals surface area contributed by atoms with Crippen LogP contribution in [0.3, 0.4) is 0 Å². The Kier molecular flexibility index (Phi) is 3.22. The molecule has 0 saturated carbocycles. The molecular weight excluding hydrogens is 216 g/mol. The van der Waals surface area contributed by atoms with Crippen LogP contribution in [-0.2, 0) is 13.1 Å². The van der Waals surface area contributed by atoms with Crippen molar-refractivity contribution < 1.29 is 0 Å². The van der Waals surface area contributed by atoms with Gasteiger partial charge in [0, 0.05) is 12.7 Å². The average Bonchev–Trinajstić information content (AvgIpc) is 2.75. The van der Waals surface area contributed by atoms with Crippen molar-refractivity contribution in [2.75, 3.05) is 11.1 Å². The van der Waals surface area contributed by atoms with Gasteiger partial charge in [-0.05, 0) is 25.5 Å². The molecule has 17 heavy (non-hydrogen) atoms. The number of hydrogen-bond donors (Lipinski definition) is 2. The van der Waals surface area contributed by atoms with Crippen molar-refractivity contribution in [1.82, 2.24) is 19.7 Å². The summed E-state index contributed by atoms with van der Waals surface area (Å²) in [6.07, 6.45) is 3.49. The van der Waals surface area contributed by atoms with Crippen LogP contribution in [0.5, 0.6) is 0 Å². The molecule has 90 valence electrons. The second-order valence-electron chi connectivity index (χ2n) is 3.84. The minimum atomic E-state index is 0.564. The zero-order chi connectivity index (χ0) is 12.3. The van der Waals surface area contributed by atoms with Crippen molar-refractivity contribution in [2.45, 2.75) is 26.9 Å². The Labute approximate surface area is 99.9 Å². The Morgan fingerprint density at radius 2 is 2.29 bits per heavy atom. The number of nitrogens with zero attached hydrogens (tertiary/aromatic N) is 4. The van der Waals surface area contributed by atoms with E-state index in [0.717, 1.165) is 17.9 Å². The maximum Gasteiger partial charge on any atom is 0.152 e. The molecule has 0 aliphatic rings. The van der Waals surface area contributed by atoms with E-state index in [9.17, 15) is 0 Å². The number of nitrogen functional groups attached to an aromatic ring is 1. The second-order valence-corrected chi connectivity index (χ2v) is 3.84. The van der Waals surface area contributed by atoms with Crippen molar-refractivity contribution in [1.29, 1.82) is 0 Å². The molecular formula is C11H16N6. The van der Waals surface area contributed by atoms with Gasteiger partial charge in [-0.3, -0.25) is 0 Å². The monoisotopic (exact) mass is 232 g/mol. The number of aryl methyl sites for hydroxylation is 2. The normalized spacial score (nSPS) is 10.5. The molecule has 6 nitrogen and oxygen atoms in total. The number of aromatic nitrogens is 4. The molecule has 0 unspecified atom stereocenters. The van der Waals surface area contributed by atoms with Crippen LogP contribution in [0.15, 0.2) is 18.6 Å². The zero-order valence-electron chi connectivity index (χ0n) is 10.0. The molecule has 2 aromatic heterocycles. The molecule has 2 rings (SSSR count). The highest BCUT2D eigenvalue weighted by Crippen LogP contribution is 2.16. The van der Waals surface area contributed by atoms with E-state index in [1.165, 1.54) is 0 Å². The van der Waals surface area contributed by atoms with E-state index in [4.69, 9.17) is 5.73 Å². The highest BCUT2D eigenvalue weighted by Gasteiger charge is 2.04. The van der Waals surface area contributed by atoms with Crippen LogP contribution >= 0.6 is 0 Å². The average molecular weight is 232 g/mol. The summed E-state index contributed by atoms with van der Waals surface area (Å²) in [5.41, 5.74) is 7.56. The fraction of sp³-hybridized carbons (Fsp3) is 0.364. The first kappa shape index (κ1) is 11.4. The number of hydrogen-bond acceptors (Lipinski definition) is 5. The van der Waals surface area contributed by atoms with Crippen LogP contribution in [0, 0.1) is 6.92 Å². The lowest BCUT2D eigenvalue weighted by Gasteiger charge is -2.08. The molecule has 2 aromatic rings. The van der Waals surface area contributed by atoms with E-state index < -0.39 is 0 Å². The quantitative estimate of drug-likeness (QED) is 0.827. The molecule has 0 bridgehead atoms. The number of rotatable bonds is 4. The van der Waals surface area contributed by atoms with Crippen molar-refractivity contribution in [3.05, 3.63) is 30.0 Å². The Morgan fingerprint density at radius 1 is 1.47 bits per heavy atom. The molecule has 3 N–H and O–H groups in total. The van der Waals surface area contributed by atoms with Crippen LogP contribution in [0.2, 0.25) is 0 Å². The van der Waals surface area contributed by atoms with Crippen LogP contribution in [0.1, 0.15) is 18.3 Å². The number of pyridine rings is 1. The third-order valence-electron chi connectivity index (χ3n) is 2.50. The van der Waals surface area contributed by atoms with Gasteiger partial charge in [0.15, 0.2) is 5.82 Å². The van der Waals surface area contributed by atoms with Crippen LogP contribution in [0.25, 0.3) is 0 Å². The maximum atomic E-state index is 5.86. The predicted molar refractivity (Wildman–Crippen MR) is 66.4 cm³/mol. The lowest BCUT2D eigenvalue weighted by atomic mass is 10.3. The third kappa shape index (κ3) is 2.52. The molecule has 0 aliphatic heterocycles. The van der Waals surface area contributed by atoms with E-state index in [-0.39, 0.29) is 0 Å². The molecule has 0 radical (unpaired) electrons. The van der Waals surface area contributed by atoms with Gasteiger partial charge in [0.05, 0.1) is 12.2 Å². The van der Waals surface area contributed by atoms with Gasteiger partial charge in [0.2, 0.25) is 0 Å². The van der Waals surface area contributed by atoms with E-state index in [2.05, 4.69) is 20.5 Å². The first-order chi connectivity index (χ1) is 8.20. The van der Waals surface area contributed by atoms with Crippen molar-refractivity contribution in [3.63, 3.8) is 0 Å². The van der Waals surface area contributed by atoms with Crippen LogP contribution < -0.4 is 11.1 Å². The summed E-state index contributed by atoms with van der Waals surface area (Å²) in [5, 5.41) is 11.1. The number of nitrogens with one attached hydrogen (secondary N) is 1. The largest absolute Gasteiger partial charge is 0.396 e. The predicted octanol–water partition coefficient (Wildman–Crippen LogP) is 1.20. The van der Waals surface area contributed by atoms with Gasteiger partial charge in [-0.25, -0.2) is 4.98 Å². The Bertz CT molecular complexity index is 504. The lowest BCUT2D eigenvalue weighted by Crippen LogP contribution is -2.09. The summed E-state index contributed by atoms with van der Waals surface area (Å²) >= 11 is 0. The molecule has 6 heteroatoms. The molecule has 0 fully saturated rings. The third-order valence-corrected chi connectivity index (χ3v) is 2.50. The summed E-state index contributed by atoms with van der Waals surface area (Å²) < 4.78 is 1.97. The molecule has 0 aromatic carbocycles. The summed E-state index contributed by atoms with van der Waals surface area (Å²) in [6, 6.07) is 1.89. The smallest absolute Gasteiger partial charge is 0.152 e. The van der Waals surface area contributed by atoms with E-state index in [1.54, 1.807) is 12.5 Å². The molecule has 0 saturated heterocycles. The first-order valence-corrected chi connectivity index (χ1v) is 5.53. The molecule has 2 heterocycles. The Balaban J connectivity index is 2.07. The van der Waals surface area contributed by atoms with Gasteiger partial charge in [-0.15, -0.1) is 10.2 Å². The summed E-state index contributed by atoms with van der Waals surface area (Å²) in [6.45, 7) is 5.42. The lowest BCUT2D eigenvalue weighted by molar-refractivity contribution is 0.707. The fourth-order valence-corrected chi connectivity index (χ4v) is 1.58. The van der Waals surface area contributed by atoms with E-state index in [0.29, 0.717) is 18.1 Å². The van der Waals surface area contributed by atoms with Crippen LogP contribution in [0.4, 0.5) is 11.5 Å². The maximum absolute atomic E-state index is 5.86. The van der Waals surface area contributed by atoms with Gasteiger partial charge in [-0.2, -0.15) is 0 Å². The minimum absolute atomic E-state index is 0.564. The van der Waals surface area contributed by atoms with Crippen molar-refractivity contribution in [3.8, 4) is 0 Å². The standard InChI is InChI=1S/C11H16N6/c1-3-17-7-15-16-10(17)6-14-11-9(12)4-8(2)5-13-11/h4-5,7H,3,6,12H2,1-2H3,(H,13,14). The minimum Gasteiger partial charge on any atom is -0.396 e. The first-order valence-electron chi connectivity index (χ1n) is 5.53. The Morgan fingerprint density at radius 3 is 3.00 bits per heavy atom. The van der Waals surface area contributed by atoms with E-state index in [1.807, 2.05) is 24.5 Å². The topological polar surface area (TPSA) is 81.7 Å². The summed E-state index contributed by atoms with van der Waals surface area (Å²) in [4.78, 5) is 4.24. The molecule has 0 amide bonds. The highest BCUT2D eigenvalue weighted by atomic mass is 15.3. The second kappa shape index (κ2) is 4.82. The van der Waals surface area contributed by atoms with Gasteiger partial charge in [-0.1, -0.05) is 0 Å². The summed E-state index contributed by atoms with van der Waals surface area (Å²) in [7, 11) is 0. The van der Waals surface area contributed by atoms with Gasteiger partial charge in [0.25, 0.3) is 0 Å². The van der Waals surface area contributed by atoms with Crippen LogP contribution in [-0.4, -0.2) is 19.7 Å². The van der Waals surface area contributed by atoms with Gasteiger partial charge >= 0.3 is 0 Å². The number of anilines is 2. The van der Waals surface area contributed by atoms with Gasteiger partial charge in [0.1, 0.15) is 12.1 Å². The Hall–Kier alpha value is -2.11. The number of nitrogens with two attached hydrogens (primary N) is 1. The summed E-state index contributed by atoms with van der Waals surface area (Å²) in [5.74, 6) is 1.55. The van der Waals surface area contributed by atoms with Gasteiger partial charge < -0.3 is 15.6 Å². The SMILES string of the molecule is CCn1cnnc1CNc1ncc(C)cc1N. The fourth-order valence-electron chi connectivity index (χ4n) is 1.58.